The summed E-state index contributed by atoms with van der Waals surface area (Å²) < 4.78 is 11.9. The van der Waals surface area contributed by atoms with Crippen LogP contribution in [0.1, 0.15) is 149 Å². The third-order valence-corrected chi connectivity index (χ3v) is 7.14. The number of unbranched alkanes of at least 4 members (excludes halogenated alkanes) is 14. The molecular formula is C34H67NO3. The first-order valence-electron chi connectivity index (χ1n) is 16.5. The zero-order valence-electron chi connectivity index (χ0n) is 26.1. The van der Waals surface area contributed by atoms with E-state index in [9.17, 15) is 5.11 Å². The number of allylic oxidation sites excluding steroid dienone is 4. The van der Waals surface area contributed by atoms with Crippen molar-refractivity contribution >= 4 is 0 Å². The third kappa shape index (κ3) is 29.9. The summed E-state index contributed by atoms with van der Waals surface area (Å²) >= 11 is 0. The molecule has 0 saturated heterocycles. The van der Waals surface area contributed by atoms with Crippen LogP contribution < -0.4 is 0 Å². The molecule has 0 aromatic rings. The molecule has 0 saturated carbocycles. The van der Waals surface area contributed by atoms with Crippen molar-refractivity contribution in [2.75, 3.05) is 33.9 Å². The molecular weight excluding hydrogens is 470 g/mol. The van der Waals surface area contributed by atoms with E-state index in [0.717, 1.165) is 38.8 Å². The number of nitrogens with zero attached hydrogens (tertiary/aromatic N) is 1. The largest absolute Gasteiger partial charge is 0.377 e. The van der Waals surface area contributed by atoms with Crippen LogP contribution in [0.5, 0.6) is 0 Å². The van der Waals surface area contributed by atoms with Crippen LogP contribution in [-0.4, -0.2) is 56.3 Å². The Morgan fingerprint density at radius 1 is 0.553 bits per heavy atom. The molecule has 0 bridgehead atoms. The lowest BCUT2D eigenvalue weighted by Crippen LogP contribution is -2.24. The van der Waals surface area contributed by atoms with Gasteiger partial charge in [-0.05, 0) is 78.3 Å². The fourth-order valence-corrected chi connectivity index (χ4v) is 4.52. The number of aliphatic hydroxyl groups excluding tert-OH is 1. The summed E-state index contributed by atoms with van der Waals surface area (Å²) in [6.45, 7) is 6.79. The highest BCUT2D eigenvalue weighted by Crippen LogP contribution is 2.15. The van der Waals surface area contributed by atoms with E-state index >= 15 is 0 Å². The van der Waals surface area contributed by atoms with E-state index in [0.29, 0.717) is 6.61 Å². The second-order valence-corrected chi connectivity index (χ2v) is 11.3. The lowest BCUT2D eigenvalue weighted by Gasteiger charge is -2.20. The van der Waals surface area contributed by atoms with Gasteiger partial charge in [0.05, 0.1) is 19.3 Å². The van der Waals surface area contributed by atoms with Gasteiger partial charge in [0.15, 0.2) is 6.29 Å². The Kier molecular flexibility index (Phi) is 30.3. The first-order chi connectivity index (χ1) is 18.6. The number of hydrogen-bond donors (Lipinski definition) is 1. The normalized spacial score (nSPS) is 13.8. The Labute approximate surface area is 238 Å². The summed E-state index contributed by atoms with van der Waals surface area (Å²) in [6.07, 6.45) is 34.4. The predicted octanol–water partition coefficient (Wildman–Crippen LogP) is 9.61. The van der Waals surface area contributed by atoms with Gasteiger partial charge in [0, 0.05) is 6.54 Å². The van der Waals surface area contributed by atoms with Gasteiger partial charge in [-0.3, -0.25) is 0 Å². The average Bonchev–Trinajstić information content (AvgIpc) is 2.89. The van der Waals surface area contributed by atoms with E-state index in [1.165, 1.54) is 109 Å². The van der Waals surface area contributed by atoms with E-state index in [1.807, 2.05) is 0 Å². The monoisotopic (exact) mass is 538 g/mol. The molecule has 0 aromatic heterocycles. The topological polar surface area (TPSA) is 41.9 Å². The molecule has 0 aliphatic heterocycles. The minimum absolute atomic E-state index is 0.236. The van der Waals surface area contributed by atoms with Gasteiger partial charge in [0.2, 0.25) is 0 Å². The van der Waals surface area contributed by atoms with Crippen LogP contribution in [0.4, 0.5) is 0 Å². The Hall–Kier alpha value is -0.680. The Morgan fingerprint density at radius 2 is 1.03 bits per heavy atom. The fraction of sp³-hybridized carbons (Fsp3) is 0.882. The quantitative estimate of drug-likeness (QED) is 0.0562. The zero-order valence-corrected chi connectivity index (χ0v) is 26.1. The lowest BCUT2D eigenvalue weighted by atomic mass is 10.0. The maximum atomic E-state index is 10.2. The molecule has 2 unspecified atom stereocenters. The number of ether oxygens (including phenoxy) is 2. The van der Waals surface area contributed by atoms with Crippen molar-refractivity contribution < 1.29 is 14.6 Å². The van der Waals surface area contributed by atoms with Crippen LogP contribution in [0.25, 0.3) is 0 Å². The predicted molar refractivity (Wildman–Crippen MR) is 167 cm³/mol. The van der Waals surface area contributed by atoms with Crippen molar-refractivity contribution in [3.05, 3.63) is 24.3 Å². The second-order valence-electron chi connectivity index (χ2n) is 11.3. The maximum Gasteiger partial charge on any atom is 0.154 e. The highest BCUT2D eigenvalue weighted by atomic mass is 16.6. The van der Waals surface area contributed by atoms with E-state index in [4.69, 9.17) is 9.47 Å². The third-order valence-electron chi connectivity index (χ3n) is 7.14. The van der Waals surface area contributed by atoms with E-state index in [1.54, 1.807) is 0 Å². The van der Waals surface area contributed by atoms with Crippen LogP contribution >= 0.6 is 0 Å². The molecule has 0 aliphatic rings. The molecule has 0 aliphatic carbocycles. The van der Waals surface area contributed by atoms with Crippen molar-refractivity contribution in [1.29, 1.82) is 0 Å². The van der Waals surface area contributed by atoms with Crippen LogP contribution in [-0.2, 0) is 9.47 Å². The summed E-state index contributed by atoms with van der Waals surface area (Å²) in [4.78, 5) is 2.17. The van der Waals surface area contributed by atoms with Gasteiger partial charge in [0.1, 0.15) is 0 Å². The summed E-state index contributed by atoms with van der Waals surface area (Å²) in [5, 5.41) is 10.2. The van der Waals surface area contributed by atoms with Crippen molar-refractivity contribution in [2.45, 2.75) is 161 Å². The fourth-order valence-electron chi connectivity index (χ4n) is 4.52. The first-order valence-corrected chi connectivity index (χ1v) is 16.5. The number of hydrogen-bond acceptors (Lipinski definition) is 4. The molecule has 0 spiro atoms. The number of rotatable bonds is 30. The van der Waals surface area contributed by atoms with Crippen LogP contribution in [0.3, 0.4) is 0 Å². The van der Waals surface area contributed by atoms with Gasteiger partial charge in [-0.2, -0.15) is 0 Å². The SMILES string of the molecule is CCCCC=CCCCCCCCC(O)OCCC(CCCCCCCC=CCCCC)OCCN(C)C. The minimum Gasteiger partial charge on any atom is -0.377 e. The molecule has 0 aromatic carbocycles. The molecule has 4 nitrogen and oxygen atoms in total. The molecule has 0 radical (unpaired) electrons. The van der Waals surface area contributed by atoms with Gasteiger partial charge in [-0.15, -0.1) is 0 Å². The molecule has 226 valence electrons. The standard InChI is InChI=1S/C34H67NO3/c1-5-7-9-11-13-15-17-19-21-23-25-27-33(37-32-30-35(3)4)29-31-38-34(36)28-26-24-22-20-18-16-14-12-10-8-6-2/h11-14,33-34,36H,5-10,15-32H2,1-4H3. The van der Waals surface area contributed by atoms with Crippen LogP contribution in [0.2, 0.25) is 0 Å². The summed E-state index contributed by atoms with van der Waals surface area (Å²) in [7, 11) is 4.17. The Bertz CT molecular complexity index is 506. The summed E-state index contributed by atoms with van der Waals surface area (Å²) in [5.74, 6) is 0. The molecule has 38 heavy (non-hydrogen) atoms. The Balaban J connectivity index is 3.86. The first kappa shape index (κ1) is 37.3. The molecule has 0 amide bonds. The molecule has 0 rings (SSSR count). The van der Waals surface area contributed by atoms with Crippen molar-refractivity contribution in [3.63, 3.8) is 0 Å². The molecule has 4 heteroatoms. The van der Waals surface area contributed by atoms with Crippen molar-refractivity contribution in [3.8, 4) is 0 Å². The van der Waals surface area contributed by atoms with Crippen LogP contribution in [0, 0.1) is 0 Å². The van der Waals surface area contributed by atoms with E-state index < -0.39 is 6.29 Å². The summed E-state index contributed by atoms with van der Waals surface area (Å²) in [6, 6.07) is 0. The maximum absolute atomic E-state index is 10.2. The summed E-state index contributed by atoms with van der Waals surface area (Å²) in [5.41, 5.74) is 0. The van der Waals surface area contributed by atoms with Gasteiger partial charge < -0.3 is 19.5 Å². The second kappa shape index (κ2) is 30.9. The van der Waals surface area contributed by atoms with Gasteiger partial charge in [-0.1, -0.05) is 109 Å². The lowest BCUT2D eigenvalue weighted by molar-refractivity contribution is -0.113. The molecule has 0 heterocycles. The highest BCUT2D eigenvalue weighted by molar-refractivity contribution is 4.81. The van der Waals surface area contributed by atoms with Crippen molar-refractivity contribution in [2.24, 2.45) is 0 Å². The van der Waals surface area contributed by atoms with Gasteiger partial charge in [0.25, 0.3) is 0 Å². The average molecular weight is 538 g/mol. The minimum atomic E-state index is -0.630. The van der Waals surface area contributed by atoms with Gasteiger partial charge >= 0.3 is 0 Å². The van der Waals surface area contributed by atoms with Crippen LogP contribution in [0.15, 0.2) is 24.3 Å². The smallest absolute Gasteiger partial charge is 0.154 e. The molecule has 0 fully saturated rings. The van der Waals surface area contributed by atoms with Gasteiger partial charge in [-0.25, -0.2) is 0 Å². The highest BCUT2D eigenvalue weighted by Gasteiger charge is 2.11. The molecule has 2 atom stereocenters. The zero-order chi connectivity index (χ0) is 27.9. The van der Waals surface area contributed by atoms with E-state index in [-0.39, 0.29) is 6.10 Å². The molecule has 1 N–H and O–H groups in total. The Morgan fingerprint density at radius 3 is 1.55 bits per heavy atom. The van der Waals surface area contributed by atoms with E-state index in [2.05, 4.69) is 57.1 Å². The van der Waals surface area contributed by atoms with Crippen molar-refractivity contribution in [1.82, 2.24) is 4.90 Å². The number of aliphatic hydroxyl groups is 1. The number of likely N-dealkylation sites (N-methyl/N-ethyl adjacent to an activating group) is 1.